The molecule has 0 saturated heterocycles. The molecule has 1 aromatic carbocycles. The molecule has 112 valence electrons. The summed E-state index contributed by atoms with van der Waals surface area (Å²) in [4.78, 5) is 14.2. The van der Waals surface area contributed by atoms with Gasteiger partial charge < -0.3 is 10.2 Å². The Hall–Kier alpha value is -1.72. The molecule has 1 N–H and O–H groups in total. The number of carbonyl (C=O) groups excluding carboxylic acids is 1. The monoisotopic (exact) mass is 306 g/mol. The Kier molecular flexibility index (Phi) is 5.09. The van der Waals surface area contributed by atoms with Gasteiger partial charge in [-0.05, 0) is 36.1 Å². The molecule has 0 bridgehead atoms. The number of nitrogens with zero attached hydrogens (tertiary/aromatic N) is 1. The second-order valence-electron chi connectivity index (χ2n) is 5.13. The van der Waals surface area contributed by atoms with Crippen LogP contribution in [0, 0.1) is 5.82 Å². The minimum Gasteiger partial charge on any atom is -0.347 e. The number of hydrogen-bond donors (Lipinski definition) is 1. The third kappa shape index (κ3) is 3.89. The number of carbonyl (C=O) groups is 1. The van der Waals surface area contributed by atoms with E-state index in [1.165, 1.54) is 17.4 Å². The third-order valence-electron chi connectivity index (χ3n) is 3.24. The summed E-state index contributed by atoms with van der Waals surface area (Å²) in [5.74, 6) is -0.200. The van der Waals surface area contributed by atoms with Crippen LogP contribution in [0.15, 0.2) is 35.7 Å². The van der Waals surface area contributed by atoms with Crippen molar-refractivity contribution < 1.29 is 9.18 Å². The molecule has 1 atom stereocenters. The Morgan fingerprint density at radius 1 is 1.38 bits per heavy atom. The van der Waals surface area contributed by atoms with Crippen molar-refractivity contribution in [1.29, 1.82) is 0 Å². The largest absolute Gasteiger partial charge is 0.347 e. The Morgan fingerprint density at radius 2 is 2.14 bits per heavy atom. The summed E-state index contributed by atoms with van der Waals surface area (Å²) >= 11 is 1.51. The maximum atomic E-state index is 13.9. The van der Waals surface area contributed by atoms with Gasteiger partial charge in [0, 0.05) is 31.1 Å². The van der Waals surface area contributed by atoms with Crippen LogP contribution in [0.1, 0.15) is 12.5 Å². The zero-order chi connectivity index (χ0) is 15.4. The topological polar surface area (TPSA) is 32.3 Å². The first-order chi connectivity index (χ1) is 9.99. The van der Waals surface area contributed by atoms with Crippen molar-refractivity contribution in [2.45, 2.75) is 19.5 Å². The molecule has 0 aliphatic carbocycles. The summed E-state index contributed by atoms with van der Waals surface area (Å²) in [5, 5.41) is 5.09. The first-order valence-electron chi connectivity index (χ1n) is 6.76. The van der Waals surface area contributed by atoms with E-state index in [1.54, 1.807) is 25.1 Å². The molecule has 2 rings (SSSR count). The summed E-state index contributed by atoms with van der Waals surface area (Å²) in [6, 6.07) is 8.59. The highest BCUT2D eigenvalue weighted by Gasteiger charge is 2.14. The summed E-state index contributed by atoms with van der Waals surface area (Å²) in [6.07, 6.45) is 0. The highest BCUT2D eigenvalue weighted by atomic mass is 32.1. The maximum absolute atomic E-state index is 13.9. The number of thiophene rings is 1. The van der Waals surface area contributed by atoms with Crippen molar-refractivity contribution in [3.05, 3.63) is 47.1 Å². The van der Waals surface area contributed by atoms with Crippen LogP contribution in [0.25, 0.3) is 10.4 Å². The van der Waals surface area contributed by atoms with E-state index in [-0.39, 0.29) is 17.8 Å². The maximum Gasteiger partial charge on any atom is 0.238 e. The summed E-state index contributed by atoms with van der Waals surface area (Å²) in [6.45, 7) is 2.35. The molecule has 1 unspecified atom stereocenters. The molecule has 0 radical (unpaired) electrons. The molecule has 2 aromatic rings. The number of hydrogen-bond acceptors (Lipinski definition) is 3. The normalized spacial score (nSPS) is 12.2. The van der Waals surface area contributed by atoms with Gasteiger partial charge in [0.1, 0.15) is 5.82 Å². The van der Waals surface area contributed by atoms with Gasteiger partial charge in [-0.15, -0.1) is 11.3 Å². The van der Waals surface area contributed by atoms with Gasteiger partial charge in [-0.1, -0.05) is 12.1 Å². The van der Waals surface area contributed by atoms with E-state index in [2.05, 4.69) is 5.32 Å². The fourth-order valence-corrected chi connectivity index (χ4v) is 2.79. The molecular weight excluding hydrogens is 287 g/mol. The Bertz CT molecular complexity index is 611. The van der Waals surface area contributed by atoms with Crippen molar-refractivity contribution in [3.8, 4) is 10.4 Å². The summed E-state index contributed by atoms with van der Waals surface area (Å²) in [7, 11) is 3.46. The second kappa shape index (κ2) is 6.83. The van der Waals surface area contributed by atoms with Crippen LogP contribution in [0.4, 0.5) is 4.39 Å². The van der Waals surface area contributed by atoms with E-state index < -0.39 is 0 Å². The lowest BCUT2D eigenvalue weighted by Crippen LogP contribution is -2.41. The highest BCUT2D eigenvalue weighted by Crippen LogP contribution is 2.28. The predicted octanol–water partition coefficient (Wildman–Crippen LogP) is 3.12. The van der Waals surface area contributed by atoms with Crippen molar-refractivity contribution in [2.24, 2.45) is 0 Å². The molecule has 0 saturated carbocycles. The highest BCUT2D eigenvalue weighted by molar-refractivity contribution is 7.13. The van der Waals surface area contributed by atoms with Crippen molar-refractivity contribution >= 4 is 17.2 Å². The number of amides is 1. The van der Waals surface area contributed by atoms with Gasteiger partial charge in [-0.3, -0.25) is 4.79 Å². The van der Waals surface area contributed by atoms with Crippen molar-refractivity contribution in [3.63, 3.8) is 0 Å². The fraction of sp³-hybridized carbons (Fsp3) is 0.312. The van der Waals surface area contributed by atoms with Crippen LogP contribution >= 0.6 is 11.3 Å². The molecule has 1 heterocycles. The first-order valence-corrected chi connectivity index (χ1v) is 7.64. The number of rotatable bonds is 5. The lowest BCUT2D eigenvalue weighted by atomic mass is 10.1. The van der Waals surface area contributed by atoms with Gasteiger partial charge in [0.2, 0.25) is 5.91 Å². The second-order valence-corrected chi connectivity index (χ2v) is 6.07. The van der Waals surface area contributed by atoms with Gasteiger partial charge in [0.15, 0.2) is 0 Å². The van der Waals surface area contributed by atoms with Gasteiger partial charge in [0.05, 0.1) is 6.04 Å². The van der Waals surface area contributed by atoms with E-state index >= 15 is 0 Å². The summed E-state index contributed by atoms with van der Waals surface area (Å²) in [5.41, 5.74) is 1.56. The average Bonchev–Trinajstić information content (AvgIpc) is 2.99. The van der Waals surface area contributed by atoms with Crippen LogP contribution in [0.3, 0.4) is 0 Å². The van der Waals surface area contributed by atoms with E-state index in [0.29, 0.717) is 12.1 Å². The Balaban J connectivity index is 2.08. The Labute approximate surface area is 128 Å². The average molecular weight is 306 g/mol. The van der Waals surface area contributed by atoms with Crippen LogP contribution in [0.2, 0.25) is 0 Å². The Morgan fingerprint density at radius 3 is 2.76 bits per heavy atom. The summed E-state index contributed by atoms with van der Waals surface area (Å²) < 4.78 is 13.9. The minimum atomic E-state index is -0.268. The number of likely N-dealkylation sites (N-methyl/N-ethyl adjacent to an activating group) is 1. The lowest BCUT2D eigenvalue weighted by Gasteiger charge is -2.18. The molecular formula is C16H19FN2OS. The molecule has 1 aromatic heterocycles. The zero-order valence-corrected chi connectivity index (χ0v) is 13.2. The number of halogens is 1. The molecule has 5 heteroatoms. The molecule has 1 amide bonds. The van der Waals surface area contributed by atoms with E-state index in [4.69, 9.17) is 0 Å². The number of benzene rings is 1. The third-order valence-corrected chi connectivity index (χ3v) is 4.14. The fourth-order valence-electron chi connectivity index (χ4n) is 2.05. The number of nitrogens with one attached hydrogen (secondary N) is 1. The first kappa shape index (κ1) is 15.7. The van der Waals surface area contributed by atoms with Crippen LogP contribution in [-0.4, -0.2) is 30.9 Å². The SMILES string of the molecule is CC(NCc1ccc(F)c(-c2cccs2)c1)C(=O)N(C)C. The van der Waals surface area contributed by atoms with Gasteiger partial charge in [-0.2, -0.15) is 0 Å². The van der Waals surface area contributed by atoms with Crippen LogP contribution in [0.5, 0.6) is 0 Å². The quantitative estimate of drug-likeness (QED) is 0.920. The smallest absolute Gasteiger partial charge is 0.238 e. The lowest BCUT2D eigenvalue weighted by molar-refractivity contribution is -0.130. The van der Waals surface area contributed by atoms with Crippen LogP contribution < -0.4 is 5.32 Å². The molecule has 21 heavy (non-hydrogen) atoms. The standard InChI is InChI=1S/C16H19FN2OS/c1-11(16(20)19(2)3)18-10-12-6-7-14(17)13(9-12)15-5-4-8-21-15/h4-9,11,18H,10H2,1-3H3. The van der Waals surface area contributed by atoms with Crippen molar-refractivity contribution in [1.82, 2.24) is 10.2 Å². The van der Waals surface area contributed by atoms with E-state index in [0.717, 1.165) is 10.4 Å². The van der Waals surface area contributed by atoms with E-state index in [9.17, 15) is 9.18 Å². The molecule has 0 fully saturated rings. The molecule has 3 nitrogen and oxygen atoms in total. The van der Waals surface area contributed by atoms with Gasteiger partial charge >= 0.3 is 0 Å². The molecule has 0 spiro atoms. The van der Waals surface area contributed by atoms with Gasteiger partial charge in [-0.25, -0.2) is 4.39 Å². The minimum absolute atomic E-state index is 0.0237. The molecule has 0 aliphatic rings. The van der Waals surface area contributed by atoms with E-state index in [1.807, 2.05) is 30.5 Å². The predicted molar refractivity (Wildman–Crippen MR) is 84.7 cm³/mol. The zero-order valence-electron chi connectivity index (χ0n) is 12.4. The van der Waals surface area contributed by atoms with Gasteiger partial charge in [0.25, 0.3) is 0 Å². The molecule has 0 aliphatic heterocycles. The van der Waals surface area contributed by atoms with Crippen molar-refractivity contribution in [2.75, 3.05) is 14.1 Å². The van der Waals surface area contributed by atoms with Crippen LogP contribution in [-0.2, 0) is 11.3 Å².